The highest BCUT2D eigenvalue weighted by Crippen LogP contribution is 2.42. The molecule has 0 aliphatic carbocycles. The molecule has 0 atom stereocenters. The van der Waals surface area contributed by atoms with Crippen molar-refractivity contribution in [3.63, 3.8) is 0 Å². The molecule has 94 valence electrons. The predicted octanol–water partition coefficient (Wildman–Crippen LogP) is 1.79. The Hall–Kier alpha value is -1.06. The molecule has 17 heavy (non-hydrogen) atoms. The molecule has 0 radical (unpaired) electrons. The van der Waals surface area contributed by atoms with Gasteiger partial charge in [-0.2, -0.15) is 0 Å². The van der Waals surface area contributed by atoms with E-state index in [1.54, 1.807) is 0 Å². The molecule has 1 aliphatic rings. The fraction of sp³-hybridized carbons (Fsp3) is 0.571. The van der Waals surface area contributed by atoms with Gasteiger partial charge in [-0.15, -0.1) is 0 Å². The largest absolute Gasteiger partial charge is 0.389 e. The first-order chi connectivity index (χ1) is 7.87. The second-order valence-corrected chi connectivity index (χ2v) is 5.58. The van der Waals surface area contributed by atoms with E-state index in [9.17, 15) is 5.11 Å². The van der Waals surface area contributed by atoms with Crippen LogP contribution in [0, 0.1) is 0 Å². The van der Waals surface area contributed by atoms with Crippen LogP contribution in [0.5, 0.6) is 0 Å². The lowest BCUT2D eigenvalue weighted by molar-refractivity contribution is -0.157. The Labute approximate surface area is 103 Å². The molecule has 0 saturated carbocycles. The zero-order valence-corrected chi connectivity index (χ0v) is 11.0. The summed E-state index contributed by atoms with van der Waals surface area (Å²) in [7, 11) is 4.04. The van der Waals surface area contributed by atoms with Crippen LogP contribution in [0.25, 0.3) is 0 Å². The fourth-order valence-corrected chi connectivity index (χ4v) is 2.26. The van der Waals surface area contributed by atoms with Crippen LogP contribution in [0.15, 0.2) is 24.3 Å². The maximum atomic E-state index is 10.3. The maximum Gasteiger partial charge on any atom is 0.0732 e. The molecule has 1 aliphatic heterocycles. The van der Waals surface area contributed by atoms with Gasteiger partial charge in [-0.3, -0.25) is 0 Å². The molecule has 0 unspecified atom stereocenters. The van der Waals surface area contributed by atoms with Crippen molar-refractivity contribution < 1.29 is 9.84 Å². The van der Waals surface area contributed by atoms with Gasteiger partial charge in [0.1, 0.15) is 0 Å². The van der Waals surface area contributed by atoms with Crippen LogP contribution < -0.4 is 4.90 Å². The van der Waals surface area contributed by atoms with Crippen molar-refractivity contribution in [3.05, 3.63) is 29.8 Å². The highest BCUT2D eigenvalue weighted by molar-refractivity contribution is 5.48. The molecule has 2 rings (SSSR count). The maximum absolute atomic E-state index is 10.3. The van der Waals surface area contributed by atoms with Gasteiger partial charge < -0.3 is 14.7 Å². The molecule has 3 heteroatoms. The Morgan fingerprint density at radius 3 is 2.00 bits per heavy atom. The average molecular weight is 235 g/mol. The summed E-state index contributed by atoms with van der Waals surface area (Å²) in [5, 5.41) is 10.3. The van der Waals surface area contributed by atoms with Gasteiger partial charge in [0, 0.05) is 19.8 Å². The van der Waals surface area contributed by atoms with Crippen LogP contribution in [0.2, 0.25) is 0 Å². The topological polar surface area (TPSA) is 32.7 Å². The van der Waals surface area contributed by atoms with Crippen molar-refractivity contribution in [2.24, 2.45) is 0 Å². The van der Waals surface area contributed by atoms with Crippen molar-refractivity contribution in [2.45, 2.75) is 24.9 Å². The number of aliphatic hydroxyl groups is 1. The second-order valence-electron chi connectivity index (χ2n) is 5.58. The first kappa shape index (κ1) is 12.4. The van der Waals surface area contributed by atoms with Crippen molar-refractivity contribution >= 4 is 5.69 Å². The lowest BCUT2D eigenvalue weighted by Crippen LogP contribution is -2.60. The van der Waals surface area contributed by atoms with E-state index in [1.165, 1.54) is 5.69 Å². The summed E-state index contributed by atoms with van der Waals surface area (Å²) in [5.74, 6) is 0. The van der Waals surface area contributed by atoms with Crippen LogP contribution in [0.4, 0.5) is 5.69 Å². The van der Waals surface area contributed by atoms with Crippen LogP contribution in [-0.4, -0.2) is 38.0 Å². The SMILES string of the molecule is CN(C)c1ccc(C2(C(C)(C)O)COC2)cc1. The minimum absolute atomic E-state index is 0.252. The molecular weight excluding hydrogens is 214 g/mol. The monoisotopic (exact) mass is 235 g/mol. The van der Waals surface area contributed by atoms with Gasteiger partial charge in [-0.25, -0.2) is 0 Å². The Kier molecular flexibility index (Phi) is 2.92. The highest BCUT2D eigenvalue weighted by Gasteiger charge is 2.51. The predicted molar refractivity (Wildman–Crippen MR) is 69.6 cm³/mol. The third-order valence-corrected chi connectivity index (χ3v) is 3.80. The summed E-state index contributed by atoms with van der Waals surface area (Å²) in [5.41, 5.74) is 1.31. The number of hydrogen-bond donors (Lipinski definition) is 1. The van der Waals surface area contributed by atoms with E-state index < -0.39 is 5.60 Å². The molecule has 1 fully saturated rings. The van der Waals surface area contributed by atoms with E-state index in [1.807, 2.05) is 27.9 Å². The van der Waals surface area contributed by atoms with Gasteiger partial charge in [0.05, 0.1) is 24.2 Å². The van der Waals surface area contributed by atoms with Gasteiger partial charge >= 0.3 is 0 Å². The van der Waals surface area contributed by atoms with Crippen molar-refractivity contribution in [1.29, 1.82) is 0 Å². The first-order valence-corrected chi connectivity index (χ1v) is 5.95. The molecular formula is C14H21NO2. The molecule has 1 aromatic rings. The smallest absolute Gasteiger partial charge is 0.0732 e. The Bertz CT molecular complexity index is 386. The lowest BCUT2D eigenvalue weighted by Gasteiger charge is -2.50. The van der Waals surface area contributed by atoms with Gasteiger partial charge in [0.25, 0.3) is 0 Å². The summed E-state index contributed by atoms with van der Waals surface area (Å²) in [6.45, 7) is 4.90. The summed E-state index contributed by atoms with van der Waals surface area (Å²) in [4.78, 5) is 2.07. The van der Waals surface area contributed by atoms with E-state index in [4.69, 9.17) is 4.74 Å². The Morgan fingerprint density at radius 1 is 1.18 bits per heavy atom. The van der Waals surface area contributed by atoms with E-state index in [-0.39, 0.29) is 5.41 Å². The van der Waals surface area contributed by atoms with E-state index in [0.717, 1.165) is 5.56 Å². The van der Waals surface area contributed by atoms with Crippen molar-refractivity contribution in [2.75, 3.05) is 32.2 Å². The molecule has 0 bridgehead atoms. The third kappa shape index (κ3) is 1.94. The zero-order valence-electron chi connectivity index (χ0n) is 11.0. The molecule has 3 nitrogen and oxygen atoms in total. The number of anilines is 1. The molecule has 1 N–H and O–H groups in total. The number of rotatable bonds is 3. The van der Waals surface area contributed by atoms with Gasteiger partial charge in [0.15, 0.2) is 0 Å². The molecule has 0 spiro atoms. The van der Waals surface area contributed by atoms with Gasteiger partial charge in [0.2, 0.25) is 0 Å². The van der Waals surface area contributed by atoms with E-state index >= 15 is 0 Å². The van der Waals surface area contributed by atoms with Gasteiger partial charge in [-0.1, -0.05) is 12.1 Å². The standard InChI is InChI=1S/C14H21NO2/c1-13(2,16)14(9-17-10-14)11-5-7-12(8-6-11)15(3)4/h5-8,16H,9-10H2,1-4H3. The minimum Gasteiger partial charge on any atom is -0.389 e. The van der Waals surface area contributed by atoms with Crippen LogP contribution in [0.3, 0.4) is 0 Å². The van der Waals surface area contributed by atoms with Crippen molar-refractivity contribution in [3.8, 4) is 0 Å². The number of ether oxygens (including phenoxy) is 1. The number of nitrogens with zero attached hydrogens (tertiary/aromatic N) is 1. The number of hydrogen-bond acceptors (Lipinski definition) is 3. The summed E-state index contributed by atoms with van der Waals surface area (Å²) < 4.78 is 5.33. The van der Waals surface area contributed by atoms with Crippen LogP contribution >= 0.6 is 0 Å². The molecule has 0 aromatic heterocycles. The quantitative estimate of drug-likeness (QED) is 0.867. The molecule has 1 aromatic carbocycles. The Balaban J connectivity index is 2.33. The van der Waals surface area contributed by atoms with Crippen LogP contribution in [-0.2, 0) is 10.2 Å². The summed E-state index contributed by atoms with van der Waals surface area (Å²) in [6, 6.07) is 8.36. The molecule has 1 saturated heterocycles. The summed E-state index contributed by atoms with van der Waals surface area (Å²) in [6.07, 6.45) is 0. The lowest BCUT2D eigenvalue weighted by atomic mass is 9.67. The zero-order chi connectivity index (χ0) is 12.7. The van der Waals surface area contributed by atoms with E-state index in [0.29, 0.717) is 13.2 Å². The normalized spacial score (nSPS) is 18.6. The average Bonchev–Trinajstić information content (AvgIpc) is 2.14. The third-order valence-electron chi connectivity index (χ3n) is 3.80. The van der Waals surface area contributed by atoms with Crippen molar-refractivity contribution in [1.82, 2.24) is 0 Å². The Morgan fingerprint density at radius 2 is 1.71 bits per heavy atom. The second kappa shape index (κ2) is 4.00. The fourth-order valence-electron chi connectivity index (χ4n) is 2.26. The molecule has 1 heterocycles. The van der Waals surface area contributed by atoms with E-state index in [2.05, 4.69) is 29.2 Å². The number of benzene rings is 1. The highest BCUT2D eigenvalue weighted by atomic mass is 16.5. The summed E-state index contributed by atoms with van der Waals surface area (Å²) >= 11 is 0. The molecule has 0 amide bonds. The minimum atomic E-state index is -0.759. The first-order valence-electron chi connectivity index (χ1n) is 5.95. The van der Waals surface area contributed by atoms with Gasteiger partial charge in [-0.05, 0) is 31.5 Å². The van der Waals surface area contributed by atoms with Crippen LogP contribution in [0.1, 0.15) is 19.4 Å².